The fourth-order valence-corrected chi connectivity index (χ4v) is 2.27. The summed E-state index contributed by atoms with van der Waals surface area (Å²) in [7, 11) is 0. The fourth-order valence-electron chi connectivity index (χ4n) is 2.27. The molecule has 0 saturated heterocycles. The molecule has 0 radical (unpaired) electrons. The third-order valence-corrected chi connectivity index (χ3v) is 3.36. The van der Waals surface area contributed by atoms with Crippen molar-refractivity contribution in [2.24, 2.45) is 0 Å². The Morgan fingerprint density at radius 3 is 2.63 bits per heavy atom. The molecule has 3 rings (SSSR count). The van der Waals surface area contributed by atoms with Crippen LogP contribution in [0.5, 0.6) is 0 Å². The Labute approximate surface area is 112 Å². The van der Waals surface area contributed by atoms with E-state index in [4.69, 9.17) is 4.98 Å². The van der Waals surface area contributed by atoms with E-state index in [0.717, 1.165) is 35.3 Å². The number of hydrogen-bond donors (Lipinski definition) is 0. The minimum absolute atomic E-state index is 0.898. The molecule has 0 N–H and O–H groups in total. The van der Waals surface area contributed by atoms with E-state index in [1.165, 1.54) is 5.69 Å². The number of aromatic nitrogens is 3. The largest absolute Gasteiger partial charge is 0.229 e. The van der Waals surface area contributed by atoms with Crippen LogP contribution in [0.4, 0.5) is 0 Å². The minimum Gasteiger partial charge on any atom is -0.229 e. The van der Waals surface area contributed by atoms with E-state index in [9.17, 15) is 0 Å². The summed E-state index contributed by atoms with van der Waals surface area (Å²) in [6.07, 6.45) is 1.91. The first-order valence-corrected chi connectivity index (χ1v) is 6.75. The highest BCUT2D eigenvalue weighted by Crippen LogP contribution is 2.17. The van der Waals surface area contributed by atoms with Crippen LogP contribution in [0.2, 0.25) is 0 Å². The van der Waals surface area contributed by atoms with Gasteiger partial charge in [0.05, 0.1) is 11.2 Å². The molecule has 0 saturated carbocycles. The molecular weight excluding hydrogens is 234 g/mol. The molecule has 0 unspecified atom stereocenters. The summed E-state index contributed by atoms with van der Waals surface area (Å²) in [5.74, 6) is 0.898. The first kappa shape index (κ1) is 11.9. The number of aryl methyl sites for hydroxylation is 2. The zero-order valence-electron chi connectivity index (χ0n) is 11.3. The normalized spacial score (nSPS) is 11.1. The van der Waals surface area contributed by atoms with Crippen LogP contribution in [0.15, 0.2) is 42.5 Å². The molecule has 0 aliphatic heterocycles. The Morgan fingerprint density at radius 1 is 1.00 bits per heavy atom. The van der Waals surface area contributed by atoms with E-state index < -0.39 is 0 Å². The van der Waals surface area contributed by atoms with Gasteiger partial charge in [0.25, 0.3) is 0 Å². The molecule has 0 atom stereocenters. The molecule has 3 nitrogen and oxygen atoms in total. The van der Waals surface area contributed by atoms with Crippen molar-refractivity contribution in [3.63, 3.8) is 0 Å². The van der Waals surface area contributed by atoms with Crippen molar-refractivity contribution in [3.05, 3.63) is 53.9 Å². The lowest BCUT2D eigenvalue weighted by atomic mass is 10.2. The third-order valence-electron chi connectivity index (χ3n) is 3.36. The fraction of sp³-hybridized carbons (Fsp3) is 0.250. The van der Waals surface area contributed by atoms with Crippen molar-refractivity contribution in [1.82, 2.24) is 14.8 Å². The van der Waals surface area contributed by atoms with Crippen LogP contribution in [0.3, 0.4) is 0 Å². The van der Waals surface area contributed by atoms with Gasteiger partial charge in [-0.1, -0.05) is 32.0 Å². The van der Waals surface area contributed by atoms with Gasteiger partial charge in [-0.2, -0.15) is 5.10 Å². The van der Waals surface area contributed by atoms with Crippen LogP contribution in [0.25, 0.3) is 16.7 Å². The molecule has 3 heteroatoms. The standard InChI is InChI=1S/C16H17N3/c1-3-13-11-14(4-2)19(18-13)16-10-9-12-7-5-6-8-15(12)17-16/h5-11H,3-4H2,1-2H3. The average Bonchev–Trinajstić information content (AvgIpc) is 2.90. The molecule has 0 amide bonds. The molecule has 2 aromatic heterocycles. The minimum atomic E-state index is 0.898. The van der Waals surface area contributed by atoms with Gasteiger partial charge in [-0.3, -0.25) is 0 Å². The number of fused-ring (bicyclic) bond motifs is 1. The number of pyridine rings is 1. The Bertz CT molecular complexity index is 713. The maximum Gasteiger partial charge on any atom is 0.154 e. The number of benzene rings is 1. The van der Waals surface area contributed by atoms with Crippen molar-refractivity contribution in [3.8, 4) is 5.82 Å². The summed E-state index contributed by atoms with van der Waals surface area (Å²) in [6, 6.07) is 14.5. The van der Waals surface area contributed by atoms with E-state index in [-0.39, 0.29) is 0 Å². The first-order valence-electron chi connectivity index (χ1n) is 6.75. The Morgan fingerprint density at radius 2 is 1.84 bits per heavy atom. The highest BCUT2D eigenvalue weighted by molar-refractivity contribution is 5.79. The number of rotatable bonds is 3. The zero-order valence-corrected chi connectivity index (χ0v) is 11.3. The Balaban J connectivity index is 2.15. The summed E-state index contributed by atoms with van der Waals surface area (Å²) < 4.78 is 1.96. The summed E-state index contributed by atoms with van der Waals surface area (Å²) in [4.78, 5) is 4.70. The molecule has 0 aliphatic carbocycles. The summed E-state index contributed by atoms with van der Waals surface area (Å²) in [6.45, 7) is 4.27. The van der Waals surface area contributed by atoms with Crippen LogP contribution in [0.1, 0.15) is 25.2 Å². The van der Waals surface area contributed by atoms with E-state index in [1.54, 1.807) is 0 Å². The van der Waals surface area contributed by atoms with Crippen molar-refractivity contribution >= 4 is 10.9 Å². The number of nitrogens with zero attached hydrogens (tertiary/aromatic N) is 3. The molecule has 19 heavy (non-hydrogen) atoms. The number of para-hydroxylation sites is 1. The molecule has 0 bridgehead atoms. The Kier molecular flexibility index (Phi) is 3.03. The van der Waals surface area contributed by atoms with Gasteiger partial charge in [0, 0.05) is 11.1 Å². The van der Waals surface area contributed by atoms with Crippen molar-refractivity contribution in [2.45, 2.75) is 26.7 Å². The van der Waals surface area contributed by atoms with Crippen LogP contribution >= 0.6 is 0 Å². The molecule has 0 aliphatic rings. The predicted molar refractivity (Wildman–Crippen MR) is 77.6 cm³/mol. The molecule has 1 aromatic carbocycles. The average molecular weight is 251 g/mol. The quantitative estimate of drug-likeness (QED) is 0.712. The van der Waals surface area contributed by atoms with Gasteiger partial charge in [-0.25, -0.2) is 9.67 Å². The van der Waals surface area contributed by atoms with Crippen LogP contribution in [-0.2, 0) is 12.8 Å². The van der Waals surface area contributed by atoms with Crippen molar-refractivity contribution < 1.29 is 0 Å². The highest BCUT2D eigenvalue weighted by Gasteiger charge is 2.08. The highest BCUT2D eigenvalue weighted by atomic mass is 15.3. The molecule has 96 valence electrons. The second kappa shape index (κ2) is 4.84. The summed E-state index contributed by atoms with van der Waals surface area (Å²) in [5, 5.41) is 5.79. The maximum absolute atomic E-state index is 4.70. The monoisotopic (exact) mass is 251 g/mol. The lowest BCUT2D eigenvalue weighted by molar-refractivity contribution is 0.776. The summed E-state index contributed by atoms with van der Waals surface area (Å²) >= 11 is 0. The number of hydrogen-bond acceptors (Lipinski definition) is 2. The zero-order chi connectivity index (χ0) is 13.2. The second-order valence-electron chi connectivity index (χ2n) is 4.61. The first-order chi connectivity index (χ1) is 9.31. The molecule has 0 spiro atoms. The topological polar surface area (TPSA) is 30.7 Å². The van der Waals surface area contributed by atoms with Crippen molar-refractivity contribution in [2.75, 3.05) is 0 Å². The smallest absolute Gasteiger partial charge is 0.154 e. The molecule has 0 fully saturated rings. The second-order valence-corrected chi connectivity index (χ2v) is 4.61. The van der Waals surface area contributed by atoms with E-state index in [2.05, 4.69) is 37.1 Å². The van der Waals surface area contributed by atoms with Gasteiger partial charge < -0.3 is 0 Å². The molecule has 3 aromatic rings. The van der Waals surface area contributed by atoms with Crippen molar-refractivity contribution in [1.29, 1.82) is 0 Å². The maximum atomic E-state index is 4.70. The van der Waals surface area contributed by atoms with Gasteiger partial charge in [0.15, 0.2) is 5.82 Å². The molecule has 2 heterocycles. The van der Waals surface area contributed by atoms with Crippen LogP contribution in [-0.4, -0.2) is 14.8 Å². The van der Waals surface area contributed by atoms with E-state index >= 15 is 0 Å². The van der Waals surface area contributed by atoms with Gasteiger partial charge in [-0.05, 0) is 37.1 Å². The third kappa shape index (κ3) is 2.12. The predicted octanol–water partition coefficient (Wildman–Crippen LogP) is 3.55. The van der Waals surface area contributed by atoms with E-state index in [0.29, 0.717) is 0 Å². The van der Waals surface area contributed by atoms with Gasteiger partial charge in [-0.15, -0.1) is 0 Å². The van der Waals surface area contributed by atoms with Crippen LogP contribution < -0.4 is 0 Å². The van der Waals surface area contributed by atoms with Gasteiger partial charge >= 0.3 is 0 Å². The lowest BCUT2D eigenvalue weighted by Crippen LogP contribution is -2.04. The molecular formula is C16H17N3. The summed E-state index contributed by atoms with van der Waals surface area (Å²) in [5.41, 5.74) is 3.34. The SMILES string of the molecule is CCc1cc(CC)n(-c2ccc3ccccc3n2)n1. The van der Waals surface area contributed by atoms with Crippen LogP contribution in [0, 0.1) is 0 Å². The van der Waals surface area contributed by atoms with E-state index in [1.807, 2.05) is 28.9 Å². The van der Waals surface area contributed by atoms with Gasteiger partial charge in [0.2, 0.25) is 0 Å². The van der Waals surface area contributed by atoms with Gasteiger partial charge in [0.1, 0.15) is 0 Å². The lowest BCUT2D eigenvalue weighted by Gasteiger charge is -2.06. The Hall–Kier alpha value is -2.16.